The molecule has 0 saturated heterocycles. The van der Waals surface area contributed by atoms with E-state index in [1.807, 2.05) is 18.3 Å². The number of nitrogens with one attached hydrogen (secondary N) is 2. The summed E-state index contributed by atoms with van der Waals surface area (Å²) in [7, 11) is 0. The van der Waals surface area contributed by atoms with E-state index in [-0.39, 0.29) is 40.8 Å². The fourth-order valence-electron chi connectivity index (χ4n) is 3.41. The molecule has 0 radical (unpaired) electrons. The molecule has 1 aromatic carbocycles. The van der Waals surface area contributed by atoms with Crippen LogP contribution in [0.3, 0.4) is 0 Å². The van der Waals surface area contributed by atoms with Gasteiger partial charge in [-0.05, 0) is 59.7 Å². The van der Waals surface area contributed by atoms with E-state index < -0.39 is 16.9 Å². The SMILES string of the molecule is C[C@@H](NC(=O)C1CC1c1ccc(C(C)(C)C)nc1)c1ccc(NCS(=O)[O-])c(F)c1. The Balaban J connectivity index is 1.57. The third-order valence-electron chi connectivity index (χ3n) is 5.34. The number of amides is 1. The lowest BCUT2D eigenvalue weighted by Crippen LogP contribution is -2.28. The van der Waals surface area contributed by atoms with Crippen molar-refractivity contribution >= 4 is 22.7 Å². The normalized spacial score (nSPS) is 20.3. The minimum atomic E-state index is -2.31. The number of hydrogen-bond donors (Lipinski definition) is 2. The molecule has 1 heterocycles. The van der Waals surface area contributed by atoms with Crippen molar-refractivity contribution in [1.82, 2.24) is 10.3 Å². The molecular weight excluding hydrogens is 405 g/mol. The minimum Gasteiger partial charge on any atom is -0.771 e. The van der Waals surface area contributed by atoms with E-state index in [9.17, 15) is 17.9 Å². The topological polar surface area (TPSA) is 94.2 Å². The summed E-state index contributed by atoms with van der Waals surface area (Å²) < 4.78 is 35.4. The summed E-state index contributed by atoms with van der Waals surface area (Å²) in [5.74, 6) is -0.926. The van der Waals surface area contributed by atoms with E-state index in [1.165, 1.54) is 12.1 Å². The molecule has 30 heavy (non-hydrogen) atoms. The van der Waals surface area contributed by atoms with E-state index in [4.69, 9.17) is 0 Å². The number of nitrogens with zero attached hydrogens (tertiary/aromatic N) is 1. The first kappa shape index (κ1) is 22.4. The predicted octanol–water partition coefficient (Wildman–Crippen LogP) is 3.75. The maximum atomic E-state index is 14.2. The summed E-state index contributed by atoms with van der Waals surface area (Å²) in [4.78, 5) is 17.2. The van der Waals surface area contributed by atoms with Gasteiger partial charge < -0.3 is 15.2 Å². The molecule has 1 fully saturated rings. The maximum Gasteiger partial charge on any atom is 0.224 e. The highest BCUT2D eigenvalue weighted by Gasteiger charge is 2.44. The molecule has 1 aliphatic carbocycles. The van der Waals surface area contributed by atoms with E-state index in [2.05, 4.69) is 36.4 Å². The second-order valence-electron chi connectivity index (χ2n) is 8.77. The summed E-state index contributed by atoms with van der Waals surface area (Å²) in [6, 6.07) is 8.15. The Kier molecular flexibility index (Phi) is 6.57. The van der Waals surface area contributed by atoms with Crippen LogP contribution in [0, 0.1) is 11.7 Å². The number of rotatable bonds is 7. The van der Waals surface area contributed by atoms with Gasteiger partial charge in [0.1, 0.15) is 5.82 Å². The van der Waals surface area contributed by atoms with Crippen molar-refractivity contribution in [3.05, 3.63) is 59.2 Å². The van der Waals surface area contributed by atoms with Crippen molar-refractivity contribution in [3.8, 4) is 0 Å². The molecule has 162 valence electrons. The number of hydrogen-bond acceptors (Lipinski definition) is 5. The third-order valence-corrected chi connectivity index (χ3v) is 5.72. The number of halogens is 1. The molecule has 6 nitrogen and oxygen atoms in total. The Hall–Kier alpha value is -2.32. The molecule has 1 amide bonds. The van der Waals surface area contributed by atoms with Gasteiger partial charge in [0.2, 0.25) is 5.91 Å². The zero-order valence-corrected chi connectivity index (χ0v) is 18.4. The standard InChI is InChI=1S/C22H28FN3O3S/c1-13(14-5-7-19(18(23)9-14)25-12-30(28)29)26-21(27)17-10-16(17)15-6-8-20(24-11-15)22(2,3)4/h5-9,11,13,16-17,25H,10,12H2,1-4H3,(H,26,27)(H,28,29)/p-1/t13-,16?,17?/m1/s1. The first-order valence-electron chi connectivity index (χ1n) is 9.92. The summed E-state index contributed by atoms with van der Waals surface area (Å²) in [5, 5.41) is 5.45. The molecule has 3 rings (SSSR count). The number of aromatic nitrogens is 1. The van der Waals surface area contributed by atoms with E-state index in [0.29, 0.717) is 5.56 Å². The van der Waals surface area contributed by atoms with Crippen molar-refractivity contribution in [2.75, 3.05) is 11.2 Å². The van der Waals surface area contributed by atoms with Crippen molar-refractivity contribution in [3.63, 3.8) is 0 Å². The Labute approximate surface area is 179 Å². The average molecular weight is 433 g/mol. The Bertz CT molecular complexity index is 944. The molecule has 0 spiro atoms. The van der Waals surface area contributed by atoms with Gasteiger partial charge in [-0.25, -0.2) is 4.39 Å². The Morgan fingerprint density at radius 2 is 2.07 bits per heavy atom. The van der Waals surface area contributed by atoms with E-state index >= 15 is 0 Å². The van der Waals surface area contributed by atoms with Crippen LogP contribution < -0.4 is 10.6 Å². The molecule has 1 saturated carbocycles. The molecule has 1 aliphatic rings. The number of carbonyl (C=O) groups excluding carboxylic acids is 1. The van der Waals surface area contributed by atoms with Gasteiger partial charge in [0.25, 0.3) is 0 Å². The second-order valence-corrected chi connectivity index (χ2v) is 9.67. The van der Waals surface area contributed by atoms with E-state index in [1.54, 1.807) is 13.0 Å². The van der Waals surface area contributed by atoms with Crippen molar-refractivity contribution in [1.29, 1.82) is 0 Å². The van der Waals surface area contributed by atoms with Crippen LogP contribution in [0.2, 0.25) is 0 Å². The average Bonchev–Trinajstić information content (AvgIpc) is 3.47. The van der Waals surface area contributed by atoms with Gasteiger partial charge in [-0.3, -0.25) is 14.0 Å². The third kappa shape index (κ3) is 5.43. The summed E-state index contributed by atoms with van der Waals surface area (Å²) >= 11 is -2.31. The molecule has 0 bridgehead atoms. The summed E-state index contributed by atoms with van der Waals surface area (Å²) in [6.45, 7) is 8.13. The van der Waals surface area contributed by atoms with Gasteiger partial charge >= 0.3 is 0 Å². The van der Waals surface area contributed by atoms with Gasteiger partial charge in [-0.15, -0.1) is 0 Å². The fraction of sp³-hybridized carbons (Fsp3) is 0.455. The van der Waals surface area contributed by atoms with Crippen molar-refractivity contribution < 1.29 is 17.9 Å². The first-order chi connectivity index (χ1) is 14.1. The highest BCUT2D eigenvalue weighted by molar-refractivity contribution is 7.79. The monoisotopic (exact) mass is 432 g/mol. The number of pyridine rings is 1. The largest absolute Gasteiger partial charge is 0.771 e. The minimum absolute atomic E-state index is 0.0132. The number of benzene rings is 1. The second kappa shape index (κ2) is 8.81. The molecule has 3 unspecified atom stereocenters. The van der Waals surface area contributed by atoms with Crippen LogP contribution in [-0.4, -0.2) is 25.5 Å². The van der Waals surface area contributed by atoms with Crippen LogP contribution in [0.5, 0.6) is 0 Å². The predicted molar refractivity (Wildman–Crippen MR) is 114 cm³/mol. The highest BCUT2D eigenvalue weighted by atomic mass is 32.2. The molecule has 1 aromatic heterocycles. The molecule has 8 heteroatoms. The molecule has 4 atom stereocenters. The fourth-order valence-corrected chi connectivity index (χ4v) is 3.68. The molecule has 2 N–H and O–H groups in total. The first-order valence-corrected chi connectivity index (χ1v) is 11.2. The maximum absolute atomic E-state index is 14.2. The van der Waals surface area contributed by atoms with Crippen LogP contribution in [0.1, 0.15) is 62.9 Å². The Morgan fingerprint density at radius 3 is 2.63 bits per heavy atom. The molecular formula is C22H27FN3O3S-. The van der Waals surface area contributed by atoms with Crippen LogP contribution in [0.25, 0.3) is 0 Å². The number of anilines is 1. The lowest BCUT2D eigenvalue weighted by Gasteiger charge is -2.18. The zero-order chi connectivity index (χ0) is 22.1. The Morgan fingerprint density at radius 1 is 1.33 bits per heavy atom. The summed E-state index contributed by atoms with van der Waals surface area (Å²) in [6.07, 6.45) is 2.64. The van der Waals surface area contributed by atoms with Gasteiger partial charge in [0.05, 0.1) is 17.6 Å². The van der Waals surface area contributed by atoms with Crippen LogP contribution in [-0.2, 0) is 21.3 Å². The van der Waals surface area contributed by atoms with Crippen molar-refractivity contribution in [2.45, 2.75) is 51.5 Å². The van der Waals surface area contributed by atoms with Crippen LogP contribution >= 0.6 is 0 Å². The van der Waals surface area contributed by atoms with Crippen LogP contribution in [0.4, 0.5) is 10.1 Å². The molecule has 2 aromatic rings. The van der Waals surface area contributed by atoms with Gasteiger partial charge in [0.15, 0.2) is 0 Å². The quantitative estimate of drug-likeness (QED) is 0.650. The van der Waals surface area contributed by atoms with Gasteiger partial charge in [-0.2, -0.15) is 0 Å². The smallest absolute Gasteiger partial charge is 0.224 e. The highest BCUT2D eigenvalue weighted by Crippen LogP contribution is 2.47. The number of carbonyl (C=O) groups is 1. The van der Waals surface area contributed by atoms with Gasteiger partial charge in [-0.1, -0.05) is 32.9 Å². The summed E-state index contributed by atoms with van der Waals surface area (Å²) in [5.41, 5.74) is 2.79. The van der Waals surface area contributed by atoms with Crippen molar-refractivity contribution in [2.24, 2.45) is 5.92 Å². The zero-order valence-electron chi connectivity index (χ0n) is 17.6. The van der Waals surface area contributed by atoms with Crippen LogP contribution in [0.15, 0.2) is 36.5 Å². The van der Waals surface area contributed by atoms with E-state index in [0.717, 1.165) is 17.7 Å². The lowest BCUT2D eigenvalue weighted by atomic mass is 9.91. The lowest BCUT2D eigenvalue weighted by molar-refractivity contribution is -0.123. The molecule has 0 aliphatic heterocycles. The van der Waals surface area contributed by atoms with Gasteiger partial charge in [0, 0.05) is 23.2 Å².